The van der Waals surface area contributed by atoms with Crippen LogP contribution in [0.2, 0.25) is 0 Å². The van der Waals surface area contributed by atoms with E-state index in [1.165, 1.54) is 0 Å². The van der Waals surface area contributed by atoms with Crippen LogP contribution in [0.1, 0.15) is 0 Å². The van der Waals surface area contributed by atoms with Gasteiger partial charge in [0.2, 0.25) is 0 Å². The first kappa shape index (κ1) is 18.6. The third-order valence-electron chi connectivity index (χ3n) is 4.87. The maximum Gasteiger partial charge on any atom is 0.322 e. The Morgan fingerprint density at radius 1 is 0.933 bits per heavy atom. The number of H-pyrrole nitrogens is 1. The highest BCUT2D eigenvalue weighted by Crippen LogP contribution is 2.37. The zero-order valence-corrected chi connectivity index (χ0v) is 15.9. The van der Waals surface area contributed by atoms with Crippen molar-refractivity contribution < 1.29 is 23.9 Å². The second-order valence-corrected chi connectivity index (χ2v) is 7.13. The van der Waals surface area contributed by atoms with Crippen LogP contribution in [0.25, 0.3) is 22.5 Å². The number of nitrogens with one attached hydrogen (secondary N) is 1. The lowest BCUT2D eigenvalue weighted by Crippen LogP contribution is -2.03. The highest BCUT2D eigenvalue weighted by Gasteiger charge is 2.27. The van der Waals surface area contributed by atoms with Crippen molar-refractivity contribution in [2.45, 2.75) is 12.2 Å². The van der Waals surface area contributed by atoms with Gasteiger partial charge in [0.1, 0.15) is 42.6 Å². The fraction of sp³-hybridized carbons (Fsp3) is 0.286. The van der Waals surface area contributed by atoms with Crippen molar-refractivity contribution in [3.8, 4) is 34.0 Å². The van der Waals surface area contributed by atoms with Crippen LogP contribution in [0.15, 0.2) is 48.5 Å². The van der Waals surface area contributed by atoms with E-state index in [4.69, 9.17) is 18.9 Å². The summed E-state index contributed by atoms with van der Waals surface area (Å²) < 4.78 is 21.5. The molecule has 154 valence electrons. The van der Waals surface area contributed by atoms with Gasteiger partial charge in [-0.05, 0) is 48.5 Å². The van der Waals surface area contributed by atoms with Gasteiger partial charge in [0.05, 0.1) is 18.1 Å². The molecule has 3 aromatic rings. The SMILES string of the molecule is O=[N+]([O-])c1c(-c2ccc(OCC3CO3)cc2)n[nH]c1-c1ccc(OCC2CO2)cc1. The molecule has 0 radical (unpaired) electrons. The molecule has 2 fully saturated rings. The van der Waals surface area contributed by atoms with E-state index in [0.717, 1.165) is 13.2 Å². The zero-order valence-electron chi connectivity index (χ0n) is 15.9. The number of aromatic amines is 1. The molecule has 1 N–H and O–H groups in total. The number of epoxide rings is 2. The Bertz CT molecular complexity index is 963. The van der Waals surface area contributed by atoms with Crippen molar-refractivity contribution in [3.05, 3.63) is 58.6 Å². The number of ether oxygens (including phenoxy) is 4. The van der Waals surface area contributed by atoms with Gasteiger partial charge in [0, 0.05) is 11.1 Å². The lowest BCUT2D eigenvalue weighted by atomic mass is 10.1. The minimum atomic E-state index is -0.419. The first-order valence-electron chi connectivity index (χ1n) is 9.60. The Morgan fingerprint density at radius 2 is 1.43 bits per heavy atom. The molecule has 30 heavy (non-hydrogen) atoms. The monoisotopic (exact) mass is 409 g/mol. The Kier molecular flexibility index (Phi) is 4.82. The van der Waals surface area contributed by atoms with E-state index in [9.17, 15) is 10.1 Å². The van der Waals surface area contributed by atoms with Gasteiger partial charge in [0.25, 0.3) is 0 Å². The van der Waals surface area contributed by atoms with Crippen molar-refractivity contribution >= 4 is 5.69 Å². The molecule has 5 rings (SSSR count). The topological polar surface area (TPSA) is 115 Å². The molecule has 1 aromatic heterocycles. The lowest BCUT2D eigenvalue weighted by molar-refractivity contribution is -0.383. The summed E-state index contributed by atoms with van der Waals surface area (Å²) in [6, 6.07) is 14.1. The van der Waals surface area contributed by atoms with Crippen molar-refractivity contribution in [2.24, 2.45) is 0 Å². The fourth-order valence-electron chi connectivity index (χ4n) is 3.05. The zero-order chi connectivity index (χ0) is 20.5. The van der Waals surface area contributed by atoms with Crippen molar-refractivity contribution in [3.63, 3.8) is 0 Å². The number of nitro groups is 1. The molecule has 2 unspecified atom stereocenters. The van der Waals surface area contributed by atoms with Crippen LogP contribution >= 0.6 is 0 Å². The predicted octanol–water partition coefficient (Wildman–Crippen LogP) is 3.21. The standard InChI is InChI=1S/C21H19N3O6/c25-24(26)21-19(13-1-5-15(6-2-13)27-9-17-11-29-17)22-23-20(21)14-3-7-16(8-4-14)28-10-18-12-30-18/h1-8,17-18H,9-12H2,(H,22,23). The van der Waals surface area contributed by atoms with Crippen molar-refractivity contribution in [1.82, 2.24) is 10.2 Å². The molecule has 0 amide bonds. The number of benzene rings is 2. The highest BCUT2D eigenvalue weighted by atomic mass is 16.6. The summed E-state index contributed by atoms with van der Waals surface area (Å²) in [5, 5.41) is 18.8. The van der Waals surface area contributed by atoms with E-state index < -0.39 is 4.92 Å². The molecule has 2 aliphatic heterocycles. The fourth-order valence-corrected chi connectivity index (χ4v) is 3.05. The number of nitrogens with zero attached hydrogens (tertiary/aromatic N) is 2. The van der Waals surface area contributed by atoms with Gasteiger partial charge >= 0.3 is 5.69 Å². The normalized spacial score (nSPS) is 19.3. The van der Waals surface area contributed by atoms with E-state index >= 15 is 0 Å². The second kappa shape index (κ2) is 7.77. The summed E-state index contributed by atoms with van der Waals surface area (Å²) in [5.41, 5.74) is 1.83. The van der Waals surface area contributed by atoms with E-state index in [0.29, 0.717) is 41.5 Å². The van der Waals surface area contributed by atoms with Crippen LogP contribution in [-0.2, 0) is 9.47 Å². The maximum absolute atomic E-state index is 11.8. The largest absolute Gasteiger partial charge is 0.491 e. The Morgan fingerprint density at radius 3 is 1.90 bits per heavy atom. The van der Waals surface area contributed by atoms with Crippen LogP contribution in [-0.4, -0.2) is 53.8 Å². The average molecular weight is 409 g/mol. The molecule has 9 nitrogen and oxygen atoms in total. The number of hydrogen-bond acceptors (Lipinski definition) is 7. The van der Waals surface area contributed by atoms with Crippen LogP contribution in [0.3, 0.4) is 0 Å². The molecule has 0 spiro atoms. The van der Waals surface area contributed by atoms with Crippen molar-refractivity contribution in [2.75, 3.05) is 26.4 Å². The summed E-state index contributed by atoms with van der Waals surface area (Å²) in [4.78, 5) is 11.4. The summed E-state index contributed by atoms with van der Waals surface area (Å²) in [6.07, 6.45) is 0.332. The van der Waals surface area contributed by atoms with Gasteiger partial charge in [0.15, 0.2) is 5.69 Å². The number of hydrogen-bond donors (Lipinski definition) is 1. The minimum Gasteiger partial charge on any atom is -0.491 e. The van der Waals surface area contributed by atoms with E-state index in [1.807, 2.05) is 0 Å². The Balaban J connectivity index is 1.36. The third kappa shape index (κ3) is 4.12. The maximum atomic E-state index is 11.8. The van der Waals surface area contributed by atoms with Crippen LogP contribution in [0, 0.1) is 10.1 Å². The molecule has 9 heteroatoms. The van der Waals surface area contributed by atoms with Gasteiger partial charge < -0.3 is 18.9 Å². The van der Waals surface area contributed by atoms with E-state index in [1.54, 1.807) is 48.5 Å². The van der Waals surface area contributed by atoms with E-state index in [2.05, 4.69) is 10.2 Å². The lowest BCUT2D eigenvalue weighted by Gasteiger charge is -2.05. The molecular formula is C21H19N3O6. The van der Waals surface area contributed by atoms with Gasteiger partial charge in [-0.1, -0.05) is 0 Å². The van der Waals surface area contributed by atoms with Gasteiger partial charge in [-0.2, -0.15) is 5.10 Å². The molecule has 0 bridgehead atoms. The highest BCUT2D eigenvalue weighted by molar-refractivity contribution is 5.82. The quantitative estimate of drug-likeness (QED) is 0.328. The number of aromatic nitrogens is 2. The van der Waals surface area contributed by atoms with Crippen molar-refractivity contribution in [1.29, 1.82) is 0 Å². The van der Waals surface area contributed by atoms with Crippen LogP contribution < -0.4 is 9.47 Å². The van der Waals surface area contributed by atoms with Crippen LogP contribution in [0.4, 0.5) is 5.69 Å². The average Bonchev–Trinajstić information content (AvgIpc) is 3.70. The van der Waals surface area contributed by atoms with Gasteiger partial charge in [-0.3, -0.25) is 15.2 Å². The molecule has 3 heterocycles. The molecule has 0 aliphatic carbocycles. The van der Waals surface area contributed by atoms with Gasteiger partial charge in [-0.15, -0.1) is 0 Å². The van der Waals surface area contributed by atoms with Crippen LogP contribution in [0.5, 0.6) is 11.5 Å². The predicted molar refractivity (Wildman–Crippen MR) is 107 cm³/mol. The summed E-state index contributed by atoms with van der Waals surface area (Å²) in [5.74, 6) is 1.36. The smallest absolute Gasteiger partial charge is 0.322 e. The molecule has 2 aliphatic rings. The summed E-state index contributed by atoms with van der Waals surface area (Å²) in [7, 11) is 0. The molecular weight excluding hydrogens is 390 g/mol. The Labute approximate surface area is 171 Å². The Hall–Kier alpha value is -3.43. The first-order chi connectivity index (χ1) is 14.7. The summed E-state index contributed by atoms with van der Waals surface area (Å²) >= 11 is 0. The number of rotatable bonds is 9. The molecule has 0 saturated carbocycles. The molecule has 2 saturated heterocycles. The summed E-state index contributed by atoms with van der Waals surface area (Å²) in [6.45, 7) is 2.45. The van der Waals surface area contributed by atoms with Gasteiger partial charge in [-0.25, -0.2) is 0 Å². The molecule has 2 atom stereocenters. The third-order valence-corrected chi connectivity index (χ3v) is 4.87. The minimum absolute atomic E-state index is 0.0740. The first-order valence-corrected chi connectivity index (χ1v) is 9.60. The second-order valence-electron chi connectivity index (χ2n) is 7.13. The molecule has 2 aromatic carbocycles. The van der Waals surface area contributed by atoms with E-state index in [-0.39, 0.29) is 23.6 Å².